The zero-order valence-electron chi connectivity index (χ0n) is 10.6. The van der Waals surface area contributed by atoms with E-state index in [1.165, 1.54) is 0 Å². The van der Waals surface area contributed by atoms with E-state index in [1.807, 2.05) is 0 Å². The number of aromatic carboxylic acids is 3. The van der Waals surface area contributed by atoms with E-state index in [0.29, 0.717) is 0 Å². The first-order valence-electron chi connectivity index (χ1n) is 4.85. The third kappa shape index (κ3) is 3.12. The molecule has 0 spiro atoms. The van der Waals surface area contributed by atoms with Gasteiger partial charge in [0.25, 0.3) is 0 Å². The van der Waals surface area contributed by atoms with Crippen molar-refractivity contribution < 1.29 is 42.3 Å². The van der Waals surface area contributed by atoms with Gasteiger partial charge in [-0.15, -0.1) is 0 Å². The third-order valence-electron chi connectivity index (χ3n) is 2.26. The second kappa shape index (κ2) is 5.02. The minimum absolute atomic E-state index is 0.218. The second-order valence-corrected chi connectivity index (χ2v) is 9.48. The normalized spacial score (nSPS) is 11.9. The number of carboxylic acid groups (broad SMARTS) is 3. The molecule has 0 aliphatic heterocycles. The summed E-state index contributed by atoms with van der Waals surface area (Å²) < 4.78 is 0.218. The van der Waals surface area contributed by atoms with Crippen molar-refractivity contribution in [3.8, 4) is 0 Å². The zero-order valence-corrected chi connectivity index (χ0v) is 11.6. The van der Waals surface area contributed by atoms with E-state index in [1.54, 1.807) is 17.6 Å². The predicted octanol–water partition coefficient (Wildman–Crippen LogP) is 1.70. The first-order valence-corrected chi connectivity index (χ1v) is 8.50. The van der Waals surface area contributed by atoms with E-state index in [2.05, 4.69) is 0 Å². The number of hydrogen-bond acceptors (Lipinski definition) is 3. The Labute approximate surface area is 111 Å². The molecule has 0 atom stereocenters. The fourth-order valence-corrected chi connectivity index (χ4v) is 3.64. The molecule has 1 aromatic rings. The first kappa shape index (κ1) is 15.2. The van der Waals surface area contributed by atoms with Gasteiger partial charge in [0.15, 0.2) is 0 Å². The van der Waals surface area contributed by atoms with E-state index in [0.717, 1.165) is 12.1 Å². The van der Waals surface area contributed by atoms with Crippen LogP contribution in [0.4, 0.5) is 0 Å². The van der Waals surface area contributed by atoms with Crippen molar-refractivity contribution in [1.29, 1.82) is 0 Å². The number of carboxylic acids is 3. The standard InChI is InChI=1S/C9H5O6.3CH3.Co/c10-7(11)4-1-5(8(12)13)3-6(2-4)9(14)15;;;;/h1-2H,(H,10,11)(H,12,13)(H,14,15);3*1H3;. The van der Waals surface area contributed by atoms with Crippen LogP contribution < -0.4 is 4.50 Å². The molecule has 0 amide bonds. The predicted molar refractivity (Wildman–Crippen MR) is 64.5 cm³/mol. The molecule has 0 radical (unpaired) electrons. The Kier molecular flexibility index (Phi) is 4.02. The molecule has 1 rings (SSSR count). The molecule has 6 nitrogen and oxygen atoms in total. The van der Waals surface area contributed by atoms with E-state index in [-0.39, 0.29) is 21.2 Å². The van der Waals surface area contributed by atoms with Gasteiger partial charge < -0.3 is 0 Å². The maximum atomic E-state index is 11.2. The van der Waals surface area contributed by atoms with Crippen molar-refractivity contribution in [2.24, 2.45) is 0 Å². The van der Waals surface area contributed by atoms with Crippen LogP contribution in [0.15, 0.2) is 12.1 Å². The molecule has 1 aromatic carbocycles. The van der Waals surface area contributed by atoms with Crippen LogP contribution in [0.2, 0.25) is 17.6 Å². The summed E-state index contributed by atoms with van der Waals surface area (Å²) in [6.07, 6.45) is 0. The molecule has 7 heteroatoms. The van der Waals surface area contributed by atoms with E-state index < -0.39 is 30.5 Å². The molecule has 0 heterocycles. The van der Waals surface area contributed by atoms with Gasteiger partial charge in [0, 0.05) is 0 Å². The summed E-state index contributed by atoms with van der Waals surface area (Å²) in [5, 5.41) is 27.3. The Morgan fingerprint density at radius 1 is 0.842 bits per heavy atom. The third-order valence-corrected chi connectivity index (χ3v) is 4.38. The van der Waals surface area contributed by atoms with Gasteiger partial charge >= 0.3 is 111 Å². The summed E-state index contributed by atoms with van der Waals surface area (Å²) in [6.45, 7) is 0. The van der Waals surface area contributed by atoms with Crippen LogP contribution in [-0.2, 0) is 12.6 Å². The van der Waals surface area contributed by atoms with Crippen molar-refractivity contribution in [2.45, 2.75) is 17.6 Å². The Hall–Kier alpha value is -1.86. The molecule has 0 saturated carbocycles. The molecule has 0 aliphatic carbocycles. The molecule has 0 saturated heterocycles. The number of hydrogen-bond donors (Lipinski definition) is 3. The maximum absolute atomic E-state index is 11.2. The van der Waals surface area contributed by atoms with Gasteiger partial charge in [0.2, 0.25) is 0 Å². The summed E-state index contributed by atoms with van der Waals surface area (Å²) >= 11 is -1.94. The Morgan fingerprint density at radius 3 is 1.42 bits per heavy atom. The zero-order chi connectivity index (χ0) is 15.0. The fraction of sp³-hybridized carbons (Fsp3) is 0.250. The van der Waals surface area contributed by atoms with E-state index in [9.17, 15) is 24.6 Å². The second-order valence-electron chi connectivity index (χ2n) is 4.28. The minimum atomic E-state index is -1.94. The van der Waals surface area contributed by atoms with Crippen molar-refractivity contribution >= 4 is 22.4 Å². The summed E-state index contributed by atoms with van der Waals surface area (Å²) in [4.78, 5) is 33.4. The quantitative estimate of drug-likeness (QED) is 0.780. The molecule has 0 unspecified atom stereocenters. The number of rotatable bonds is 4. The summed E-state index contributed by atoms with van der Waals surface area (Å²) in [5.74, 6) is 1.33. The van der Waals surface area contributed by atoms with Crippen LogP contribution in [-0.4, -0.2) is 33.2 Å². The monoisotopic (exact) mass is 313 g/mol. The van der Waals surface area contributed by atoms with Crippen LogP contribution in [0.1, 0.15) is 31.1 Å². The summed E-state index contributed by atoms with van der Waals surface area (Å²) in [5.41, 5.74) is -0.846. The molecular formula is C12H14CoO6. The summed E-state index contributed by atoms with van der Waals surface area (Å²) in [7, 11) is 0. The first-order chi connectivity index (χ1) is 8.55. The van der Waals surface area contributed by atoms with Crippen molar-refractivity contribution in [2.75, 3.05) is 0 Å². The van der Waals surface area contributed by atoms with Gasteiger partial charge in [0.1, 0.15) is 0 Å². The average molecular weight is 313 g/mol. The molecule has 3 N–H and O–H groups in total. The SMILES string of the molecule is [CH3][Co]([CH3])([CH3])[c]1c(C(=O)O)cc(C(=O)O)cc1C(=O)O. The van der Waals surface area contributed by atoms with Gasteiger partial charge in [0.05, 0.1) is 0 Å². The molecule has 0 aromatic heterocycles. The van der Waals surface area contributed by atoms with Crippen LogP contribution in [0.25, 0.3) is 0 Å². The average Bonchev–Trinajstić information content (AvgIpc) is 2.25. The van der Waals surface area contributed by atoms with Crippen LogP contribution >= 0.6 is 0 Å². The Bertz CT molecular complexity index is 535. The fourth-order valence-electron chi connectivity index (χ4n) is 1.58. The topological polar surface area (TPSA) is 112 Å². The van der Waals surface area contributed by atoms with Gasteiger partial charge in [-0.25, -0.2) is 0 Å². The van der Waals surface area contributed by atoms with Crippen LogP contribution in [0.3, 0.4) is 0 Å². The Balaban J connectivity index is 3.81. The van der Waals surface area contributed by atoms with Crippen LogP contribution in [0.5, 0.6) is 0 Å². The number of carbonyl (C=O) groups is 3. The van der Waals surface area contributed by atoms with Gasteiger partial charge in [-0.3, -0.25) is 0 Å². The molecular weight excluding hydrogens is 299 g/mol. The van der Waals surface area contributed by atoms with E-state index >= 15 is 0 Å². The van der Waals surface area contributed by atoms with Gasteiger partial charge in [-0.2, -0.15) is 0 Å². The van der Waals surface area contributed by atoms with Crippen molar-refractivity contribution in [3.05, 3.63) is 28.8 Å². The summed E-state index contributed by atoms with van der Waals surface area (Å²) in [6, 6.07) is 2.02. The molecule has 107 valence electrons. The van der Waals surface area contributed by atoms with Crippen molar-refractivity contribution in [1.82, 2.24) is 0 Å². The van der Waals surface area contributed by atoms with E-state index in [4.69, 9.17) is 5.11 Å². The molecule has 0 bridgehead atoms. The number of benzene rings is 1. The van der Waals surface area contributed by atoms with Gasteiger partial charge in [-0.05, 0) is 0 Å². The van der Waals surface area contributed by atoms with Gasteiger partial charge in [-0.1, -0.05) is 0 Å². The Morgan fingerprint density at radius 2 is 1.21 bits per heavy atom. The van der Waals surface area contributed by atoms with Crippen LogP contribution in [0, 0.1) is 0 Å². The molecule has 19 heavy (non-hydrogen) atoms. The molecule has 0 aliphatic rings. The molecule has 0 fully saturated rings. The van der Waals surface area contributed by atoms with Crippen molar-refractivity contribution in [3.63, 3.8) is 0 Å².